The molecule has 0 N–H and O–H groups in total. The largest absolute Gasteiger partial charge is 0.486 e. The number of aromatic nitrogens is 3. The quantitative estimate of drug-likeness (QED) is 0.802. The van der Waals surface area contributed by atoms with Gasteiger partial charge in [-0.05, 0) is 60.7 Å². The van der Waals surface area contributed by atoms with Gasteiger partial charge in [0.25, 0.3) is 0 Å². The lowest BCUT2D eigenvalue weighted by molar-refractivity contribution is 0.289. The van der Waals surface area contributed by atoms with E-state index < -0.39 is 0 Å². The van der Waals surface area contributed by atoms with Crippen LogP contribution in [0.15, 0.2) is 24.3 Å². The fourth-order valence-electron chi connectivity index (χ4n) is 1.62. The second-order valence-corrected chi connectivity index (χ2v) is 4.90. The van der Waals surface area contributed by atoms with Crippen LogP contribution in [0.4, 0.5) is 0 Å². The number of aryl methyl sites for hydroxylation is 1. The van der Waals surface area contributed by atoms with Gasteiger partial charge in [0, 0.05) is 10.1 Å². The summed E-state index contributed by atoms with van der Waals surface area (Å²) in [6, 6.07) is 7.96. The summed E-state index contributed by atoms with van der Waals surface area (Å²) in [6.45, 7) is 5.34. The molecule has 0 bridgehead atoms. The lowest BCUT2D eigenvalue weighted by Crippen LogP contribution is -2.07. The third kappa shape index (κ3) is 2.96. The molecule has 4 nitrogen and oxygen atoms in total. The first-order chi connectivity index (χ1) is 8.20. The van der Waals surface area contributed by atoms with Gasteiger partial charge in [-0.3, -0.25) is 0 Å². The first kappa shape index (κ1) is 12.3. The van der Waals surface area contributed by atoms with Gasteiger partial charge in [0.2, 0.25) is 0 Å². The van der Waals surface area contributed by atoms with E-state index in [2.05, 4.69) is 39.7 Å². The van der Waals surface area contributed by atoms with E-state index in [0.717, 1.165) is 23.9 Å². The Labute approximate surface area is 114 Å². The highest BCUT2D eigenvalue weighted by atomic mass is 127. The molecule has 90 valence electrons. The van der Waals surface area contributed by atoms with Crippen LogP contribution >= 0.6 is 22.6 Å². The van der Waals surface area contributed by atoms with Gasteiger partial charge >= 0.3 is 0 Å². The number of nitrogens with zero attached hydrogens (tertiary/aromatic N) is 3. The molecule has 1 aromatic heterocycles. The molecule has 5 heteroatoms. The van der Waals surface area contributed by atoms with E-state index in [4.69, 9.17) is 4.74 Å². The van der Waals surface area contributed by atoms with Gasteiger partial charge in [0.05, 0.1) is 0 Å². The van der Waals surface area contributed by atoms with Crippen LogP contribution in [0.25, 0.3) is 0 Å². The summed E-state index contributed by atoms with van der Waals surface area (Å²) in [4.78, 5) is 0. The fourth-order valence-corrected chi connectivity index (χ4v) is 1.98. The Bertz CT molecular complexity index is 493. The molecule has 0 unspecified atom stereocenters. The van der Waals surface area contributed by atoms with Crippen LogP contribution in [0.2, 0.25) is 0 Å². The number of benzene rings is 1. The van der Waals surface area contributed by atoms with Gasteiger partial charge in [-0.25, -0.2) is 0 Å². The maximum atomic E-state index is 5.68. The van der Waals surface area contributed by atoms with E-state index in [0.29, 0.717) is 6.61 Å². The van der Waals surface area contributed by atoms with Crippen molar-refractivity contribution in [3.63, 3.8) is 0 Å². The Hall–Kier alpha value is -1.11. The van der Waals surface area contributed by atoms with Crippen LogP contribution in [0.1, 0.15) is 18.6 Å². The molecule has 0 saturated heterocycles. The molecule has 2 aromatic rings. The number of hydrogen-bond donors (Lipinski definition) is 0. The van der Waals surface area contributed by atoms with E-state index in [-0.39, 0.29) is 0 Å². The standard InChI is InChI=1S/C12H14IN3O/c1-3-16-9(2)14-15-12(16)8-17-11-6-4-10(13)5-7-11/h4-7H,3,8H2,1-2H3. The molecule has 0 fully saturated rings. The van der Waals surface area contributed by atoms with Crippen LogP contribution in [-0.4, -0.2) is 14.8 Å². The molecule has 0 amide bonds. The third-order valence-electron chi connectivity index (χ3n) is 2.51. The summed E-state index contributed by atoms with van der Waals surface area (Å²) in [6.07, 6.45) is 0. The SMILES string of the molecule is CCn1c(C)nnc1COc1ccc(I)cc1. The van der Waals surface area contributed by atoms with Crippen molar-refractivity contribution >= 4 is 22.6 Å². The summed E-state index contributed by atoms with van der Waals surface area (Å²) < 4.78 is 8.92. The molecule has 1 aromatic carbocycles. The van der Waals surface area contributed by atoms with E-state index in [9.17, 15) is 0 Å². The van der Waals surface area contributed by atoms with Crippen LogP contribution in [0, 0.1) is 10.5 Å². The van der Waals surface area contributed by atoms with Crippen molar-refractivity contribution in [2.75, 3.05) is 0 Å². The average molecular weight is 343 g/mol. The number of halogens is 1. The molecule has 17 heavy (non-hydrogen) atoms. The number of hydrogen-bond acceptors (Lipinski definition) is 3. The van der Waals surface area contributed by atoms with Crippen molar-refractivity contribution in [2.45, 2.75) is 27.0 Å². The summed E-state index contributed by atoms with van der Waals surface area (Å²) in [5.41, 5.74) is 0. The predicted octanol–water partition coefficient (Wildman–Crippen LogP) is 2.79. The number of rotatable bonds is 4. The monoisotopic (exact) mass is 343 g/mol. The predicted molar refractivity (Wildman–Crippen MR) is 73.9 cm³/mol. The zero-order chi connectivity index (χ0) is 12.3. The summed E-state index contributed by atoms with van der Waals surface area (Å²) in [7, 11) is 0. The zero-order valence-corrected chi connectivity index (χ0v) is 12.0. The normalized spacial score (nSPS) is 10.5. The Balaban J connectivity index is 2.04. The summed E-state index contributed by atoms with van der Waals surface area (Å²) in [5, 5.41) is 8.15. The van der Waals surface area contributed by atoms with Gasteiger partial charge in [0.15, 0.2) is 5.82 Å². The summed E-state index contributed by atoms with van der Waals surface area (Å²) in [5.74, 6) is 2.64. The average Bonchev–Trinajstić information content (AvgIpc) is 2.69. The van der Waals surface area contributed by atoms with E-state index in [1.807, 2.05) is 35.8 Å². The van der Waals surface area contributed by atoms with Gasteiger partial charge < -0.3 is 9.30 Å². The smallest absolute Gasteiger partial charge is 0.171 e. The molecule has 2 rings (SSSR count). The highest BCUT2D eigenvalue weighted by Crippen LogP contribution is 2.15. The highest BCUT2D eigenvalue weighted by molar-refractivity contribution is 14.1. The maximum absolute atomic E-state index is 5.68. The minimum Gasteiger partial charge on any atom is -0.486 e. The van der Waals surface area contributed by atoms with E-state index >= 15 is 0 Å². The molecular weight excluding hydrogens is 329 g/mol. The minimum absolute atomic E-state index is 0.454. The van der Waals surface area contributed by atoms with Crippen molar-refractivity contribution in [1.29, 1.82) is 0 Å². The van der Waals surface area contributed by atoms with E-state index in [1.165, 1.54) is 3.57 Å². The zero-order valence-electron chi connectivity index (χ0n) is 9.85. The molecule has 1 heterocycles. The second-order valence-electron chi connectivity index (χ2n) is 3.65. The van der Waals surface area contributed by atoms with Crippen molar-refractivity contribution < 1.29 is 4.74 Å². The highest BCUT2D eigenvalue weighted by Gasteiger charge is 2.07. The first-order valence-electron chi connectivity index (χ1n) is 5.47. The lowest BCUT2D eigenvalue weighted by atomic mass is 10.3. The van der Waals surface area contributed by atoms with Crippen LogP contribution in [-0.2, 0) is 13.2 Å². The van der Waals surface area contributed by atoms with Crippen molar-refractivity contribution in [2.24, 2.45) is 0 Å². The first-order valence-corrected chi connectivity index (χ1v) is 6.55. The lowest BCUT2D eigenvalue weighted by Gasteiger charge is -2.07. The molecule has 0 aliphatic rings. The summed E-state index contributed by atoms with van der Waals surface area (Å²) >= 11 is 2.27. The minimum atomic E-state index is 0.454. The van der Waals surface area contributed by atoms with Crippen molar-refractivity contribution in [3.05, 3.63) is 39.5 Å². The molecule has 0 saturated carbocycles. The third-order valence-corrected chi connectivity index (χ3v) is 3.23. The van der Waals surface area contributed by atoms with Gasteiger partial charge in [-0.2, -0.15) is 0 Å². The molecule has 0 aliphatic carbocycles. The van der Waals surface area contributed by atoms with E-state index in [1.54, 1.807) is 0 Å². The van der Waals surface area contributed by atoms with Crippen LogP contribution < -0.4 is 4.74 Å². The topological polar surface area (TPSA) is 39.9 Å². The second kappa shape index (κ2) is 5.48. The Morgan fingerprint density at radius 3 is 2.59 bits per heavy atom. The van der Waals surface area contributed by atoms with Crippen LogP contribution in [0.5, 0.6) is 5.75 Å². The van der Waals surface area contributed by atoms with Crippen molar-refractivity contribution in [3.8, 4) is 5.75 Å². The van der Waals surface area contributed by atoms with Gasteiger partial charge in [-0.15, -0.1) is 10.2 Å². The van der Waals surface area contributed by atoms with Crippen LogP contribution in [0.3, 0.4) is 0 Å². The molecule has 0 atom stereocenters. The number of ether oxygens (including phenoxy) is 1. The molecule has 0 spiro atoms. The maximum Gasteiger partial charge on any atom is 0.171 e. The molecular formula is C12H14IN3O. The Kier molecular flexibility index (Phi) is 3.98. The van der Waals surface area contributed by atoms with Gasteiger partial charge in [0.1, 0.15) is 18.2 Å². The fraction of sp³-hybridized carbons (Fsp3) is 0.333. The Morgan fingerprint density at radius 2 is 1.94 bits per heavy atom. The molecule has 0 radical (unpaired) electrons. The molecule has 0 aliphatic heterocycles. The van der Waals surface area contributed by atoms with Crippen molar-refractivity contribution in [1.82, 2.24) is 14.8 Å². The van der Waals surface area contributed by atoms with Gasteiger partial charge in [-0.1, -0.05) is 0 Å². The Morgan fingerprint density at radius 1 is 1.24 bits per heavy atom.